The summed E-state index contributed by atoms with van der Waals surface area (Å²) in [5.74, 6) is 7.33. The van der Waals surface area contributed by atoms with Crippen LogP contribution in [0.4, 0.5) is 0 Å². The van der Waals surface area contributed by atoms with Crippen molar-refractivity contribution in [3.05, 3.63) is 0 Å². The quantitative estimate of drug-likeness (QED) is 0.217. The summed E-state index contributed by atoms with van der Waals surface area (Å²) in [6.07, 6.45) is 8.35. The van der Waals surface area contributed by atoms with Crippen LogP contribution in [0.15, 0.2) is 4.99 Å². The van der Waals surface area contributed by atoms with E-state index in [2.05, 4.69) is 22.0 Å². The van der Waals surface area contributed by atoms with Gasteiger partial charge in [-0.1, -0.05) is 12.8 Å². The minimum absolute atomic E-state index is 0.570. The van der Waals surface area contributed by atoms with Gasteiger partial charge in [0.25, 0.3) is 0 Å². The van der Waals surface area contributed by atoms with Crippen molar-refractivity contribution in [3.8, 4) is 0 Å². The molecule has 1 rings (SSSR count). The van der Waals surface area contributed by atoms with Crippen molar-refractivity contribution in [2.24, 2.45) is 10.8 Å². The van der Waals surface area contributed by atoms with Gasteiger partial charge in [0.05, 0.1) is 0 Å². The number of nitrogens with zero attached hydrogens (tertiary/aromatic N) is 1. The Bertz CT molecular complexity index is 190. The van der Waals surface area contributed by atoms with Gasteiger partial charge in [0.2, 0.25) is 5.96 Å². The molecule has 0 atom stereocenters. The monoisotopic (exact) mass is 230 g/mol. The van der Waals surface area contributed by atoms with Crippen LogP contribution in [0, 0.1) is 0 Å². The van der Waals surface area contributed by atoms with Crippen LogP contribution in [0.25, 0.3) is 0 Å². The van der Waals surface area contributed by atoms with Gasteiger partial charge in [0.15, 0.2) is 0 Å². The van der Waals surface area contributed by atoms with E-state index in [1.165, 1.54) is 25.7 Å². The van der Waals surface area contributed by atoms with Gasteiger partial charge in [-0.2, -0.15) is 11.8 Å². The average Bonchev–Trinajstić information content (AvgIpc) is 2.75. The van der Waals surface area contributed by atoms with E-state index < -0.39 is 0 Å². The Morgan fingerprint density at radius 3 is 2.80 bits per heavy atom. The number of thioether (sulfide) groups is 1. The lowest BCUT2D eigenvalue weighted by molar-refractivity contribution is 0.614. The van der Waals surface area contributed by atoms with E-state index in [4.69, 9.17) is 5.84 Å². The smallest absolute Gasteiger partial charge is 0.205 e. The van der Waals surface area contributed by atoms with E-state index >= 15 is 0 Å². The minimum atomic E-state index is 0.570. The Morgan fingerprint density at radius 1 is 1.47 bits per heavy atom. The van der Waals surface area contributed by atoms with Gasteiger partial charge in [0.1, 0.15) is 0 Å². The standard InChI is InChI=1S/C10H22N4S/c1-15-8-4-7-12-10(14-11)13-9-5-2-3-6-9/h9H,2-8,11H2,1H3,(H2,12,13,14). The molecule has 88 valence electrons. The predicted octanol–water partition coefficient (Wildman–Crippen LogP) is 1.09. The first-order chi connectivity index (χ1) is 7.36. The van der Waals surface area contributed by atoms with E-state index in [1.807, 2.05) is 11.8 Å². The number of nitrogens with two attached hydrogens (primary N) is 1. The SMILES string of the molecule is CSCCCN=C(NN)NC1CCCC1. The van der Waals surface area contributed by atoms with E-state index in [1.54, 1.807) is 0 Å². The van der Waals surface area contributed by atoms with Crippen molar-refractivity contribution in [3.63, 3.8) is 0 Å². The maximum absolute atomic E-state index is 5.42. The second-order valence-electron chi connectivity index (χ2n) is 3.85. The van der Waals surface area contributed by atoms with Gasteiger partial charge in [-0.3, -0.25) is 10.4 Å². The normalized spacial score (nSPS) is 18.1. The minimum Gasteiger partial charge on any atom is -0.353 e. The van der Waals surface area contributed by atoms with Gasteiger partial charge in [-0.25, -0.2) is 5.84 Å². The number of aliphatic imine (C=N–C) groups is 1. The highest BCUT2D eigenvalue weighted by Crippen LogP contribution is 2.17. The molecule has 0 aliphatic heterocycles. The zero-order valence-electron chi connectivity index (χ0n) is 9.46. The van der Waals surface area contributed by atoms with Crippen molar-refractivity contribution < 1.29 is 0 Å². The molecule has 0 heterocycles. The van der Waals surface area contributed by atoms with Gasteiger partial charge in [-0.05, 0) is 31.3 Å². The zero-order chi connectivity index (χ0) is 10.9. The van der Waals surface area contributed by atoms with E-state index in [0.717, 1.165) is 24.7 Å². The first-order valence-electron chi connectivity index (χ1n) is 5.63. The lowest BCUT2D eigenvalue weighted by Crippen LogP contribution is -2.45. The maximum Gasteiger partial charge on any atom is 0.205 e. The third-order valence-corrected chi connectivity index (χ3v) is 3.31. The molecule has 0 aromatic heterocycles. The molecule has 0 bridgehead atoms. The molecule has 4 nitrogen and oxygen atoms in total. The molecule has 4 N–H and O–H groups in total. The number of nitrogens with one attached hydrogen (secondary N) is 2. The Kier molecular flexibility index (Phi) is 6.59. The highest BCUT2D eigenvalue weighted by Gasteiger charge is 2.15. The Balaban J connectivity index is 2.20. The van der Waals surface area contributed by atoms with Crippen molar-refractivity contribution in [1.29, 1.82) is 0 Å². The molecule has 0 radical (unpaired) electrons. The fraction of sp³-hybridized carbons (Fsp3) is 0.900. The van der Waals surface area contributed by atoms with Gasteiger partial charge in [-0.15, -0.1) is 0 Å². The second-order valence-corrected chi connectivity index (χ2v) is 4.83. The number of hydrogen-bond donors (Lipinski definition) is 3. The fourth-order valence-corrected chi connectivity index (χ4v) is 2.21. The summed E-state index contributed by atoms with van der Waals surface area (Å²) in [4.78, 5) is 4.40. The number of rotatable bonds is 5. The van der Waals surface area contributed by atoms with Gasteiger partial charge >= 0.3 is 0 Å². The molecule has 1 fully saturated rings. The van der Waals surface area contributed by atoms with Crippen LogP contribution in [0.3, 0.4) is 0 Å². The third-order valence-electron chi connectivity index (χ3n) is 2.61. The summed E-state index contributed by atoms with van der Waals surface area (Å²) < 4.78 is 0. The predicted molar refractivity (Wildman–Crippen MR) is 68.0 cm³/mol. The summed E-state index contributed by atoms with van der Waals surface area (Å²) in [6.45, 7) is 0.847. The maximum atomic E-state index is 5.42. The fourth-order valence-electron chi connectivity index (χ4n) is 1.80. The summed E-state index contributed by atoms with van der Waals surface area (Å²) in [6, 6.07) is 0.570. The van der Waals surface area contributed by atoms with Crippen LogP contribution >= 0.6 is 11.8 Å². The Morgan fingerprint density at radius 2 is 2.20 bits per heavy atom. The molecule has 1 aliphatic carbocycles. The highest BCUT2D eigenvalue weighted by atomic mass is 32.2. The molecule has 5 heteroatoms. The molecular formula is C10H22N4S. The first-order valence-corrected chi connectivity index (χ1v) is 7.02. The second kappa shape index (κ2) is 7.82. The molecule has 1 saturated carbocycles. The number of hydrazine groups is 1. The summed E-state index contributed by atoms with van der Waals surface area (Å²) in [5, 5.41) is 3.35. The summed E-state index contributed by atoms with van der Waals surface area (Å²) in [7, 11) is 0. The summed E-state index contributed by atoms with van der Waals surface area (Å²) in [5.41, 5.74) is 2.64. The van der Waals surface area contributed by atoms with E-state index in [0.29, 0.717) is 6.04 Å². The molecular weight excluding hydrogens is 208 g/mol. The third kappa shape index (κ3) is 5.28. The van der Waals surface area contributed by atoms with E-state index in [9.17, 15) is 0 Å². The average molecular weight is 230 g/mol. The topological polar surface area (TPSA) is 62.4 Å². The largest absolute Gasteiger partial charge is 0.353 e. The van der Waals surface area contributed by atoms with Crippen molar-refractivity contribution in [1.82, 2.24) is 10.7 Å². The van der Waals surface area contributed by atoms with Crippen molar-refractivity contribution in [2.75, 3.05) is 18.6 Å². The molecule has 15 heavy (non-hydrogen) atoms. The molecule has 0 aromatic carbocycles. The Hall–Kier alpha value is -0.420. The van der Waals surface area contributed by atoms with Gasteiger partial charge < -0.3 is 5.32 Å². The van der Waals surface area contributed by atoms with Crippen LogP contribution in [0.5, 0.6) is 0 Å². The molecule has 0 saturated heterocycles. The number of guanidine groups is 1. The van der Waals surface area contributed by atoms with Crippen LogP contribution in [0.2, 0.25) is 0 Å². The van der Waals surface area contributed by atoms with Crippen molar-refractivity contribution >= 4 is 17.7 Å². The molecule has 1 aliphatic rings. The first kappa shape index (κ1) is 12.6. The molecule has 0 spiro atoms. The summed E-state index contributed by atoms with van der Waals surface area (Å²) >= 11 is 1.85. The molecule has 0 aromatic rings. The van der Waals surface area contributed by atoms with Gasteiger partial charge in [0, 0.05) is 12.6 Å². The van der Waals surface area contributed by atoms with Crippen LogP contribution in [-0.4, -0.2) is 30.6 Å². The van der Waals surface area contributed by atoms with Crippen LogP contribution < -0.4 is 16.6 Å². The Labute approximate surface area is 96.4 Å². The van der Waals surface area contributed by atoms with Crippen LogP contribution in [0.1, 0.15) is 32.1 Å². The van der Waals surface area contributed by atoms with Crippen molar-refractivity contribution in [2.45, 2.75) is 38.1 Å². The molecule has 0 amide bonds. The lowest BCUT2D eigenvalue weighted by atomic mass is 10.2. The highest BCUT2D eigenvalue weighted by molar-refractivity contribution is 7.98. The van der Waals surface area contributed by atoms with Crippen LogP contribution in [-0.2, 0) is 0 Å². The van der Waals surface area contributed by atoms with E-state index in [-0.39, 0.29) is 0 Å². The number of hydrogen-bond acceptors (Lipinski definition) is 3. The zero-order valence-corrected chi connectivity index (χ0v) is 10.3. The lowest BCUT2D eigenvalue weighted by Gasteiger charge is -2.14. The molecule has 0 unspecified atom stereocenters.